The topological polar surface area (TPSA) is 81.9 Å². The van der Waals surface area contributed by atoms with Crippen LogP contribution in [0.25, 0.3) is 0 Å². The Balaban J connectivity index is 1.52. The third-order valence-corrected chi connectivity index (χ3v) is 5.57. The molecule has 0 bridgehead atoms. The minimum Gasteiger partial charge on any atom is -0.367 e. The predicted molar refractivity (Wildman–Crippen MR) is 89.2 cm³/mol. The Morgan fingerprint density at radius 3 is 2.71 bits per heavy atom. The Hall–Kier alpha value is -2.16. The summed E-state index contributed by atoms with van der Waals surface area (Å²) in [5, 5.41) is 13.1. The van der Waals surface area contributed by atoms with Crippen LogP contribution in [-0.2, 0) is 17.6 Å². The number of aromatic nitrogens is 2. The Labute approximate surface area is 142 Å². The summed E-state index contributed by atoms with van der Waals surface area (Å²) in [4.78, 5) is 23.7. The first-order valence-electron chi connectivity index (χ1n) is 9.02. The van der Waals surface area contributed by atoms with Crippen LogP contribution in [0.4, 0.5) is 5.82 Å². The monoisotopic (exact) mass is 325 g/mol. The van der Waals surface area contributed by atoms with Crippen molar-refractivity contribution < 1.29 is 4.79 Å². The fourth-order valence-electron chi connectivity index (χ4n) is 3.93. The molecule has 0 spiro atoms. The number of rotatable bonds is 3. The van der Waals surface area contributed by atoms with Crippen LogP contribution >= 0.6 is 0 Å². The molecule has 3 aliphatic rings. The molecule has 24 heavy (non-hydrogen) atoms. The third-order valence-electron chi connectivity index (χ3n) is 5.57. The van der Waals surface area contributed by atoms with E-state index in [0.29, 0.717) is 32.0 Å². The molecule has 1 aromatic heterocycles. The number of fused-ring (bicyclic) bond motifs is 1. The van der Waals surface area contributed by atoms with Crippen molar-refractivity contribution in [2.45, 2.75) is 57.4 Å². The zero-order valence-electron chi connectivity index (χ0n) is 13.9. The van der Waals surface area contributed by atoms with Gasteiger partial charge in [0.1, 0.15) is 17.6 Å². The summed E-state index contributed by atoms with van der Waals surface area (Å²) in [7, 11) is 0. The number of hydrogen-bond acceptors (Lipinski definition) is 5. The van der Waals surface area contributed by atoms with Crippen molar-refractivity contribution >= 4 is 11.7 Å². The molecule has 1 N–H and O–H groups in total. The number of amides is 1. The smallest absolute Gasteiger partial charge is 0.243 e. The molecule has 0 atom stereocenters. The molecule has 126 valence electrons. The predicted octanol–water partition coefficient (Wildman–Crippen LogP) is 2.06. The van der Waals surface area contributed by atoms with E-state index in [-0.39, 0.29) is 5.91 Å². The third kappa shape index (κ3) is 2.72. The van der Waals surface area contributed by atoms with Crippen molar-refractivity contribution in [3.63, 3.8) is 0 Å². The molecule has 4 rings (SSSR count). The Bertz CT molecular complexity index is 685. The van der Waals surface area contributed by atoms with Gasteiger partial charge in [0.15, 0.2) is 0 Å². The minimum atomic E-state index is -0.780. The molecule has 2 heterocycles. The highest BCUT2D eigenvalue weighted by Crippen LogP contribution is 2.39. The van der Waals surface area contributed by atoms with E-state index in [1.165, 1.54) is 12.8 Å². The first-order valence-corrected chi connectivity index (χ1v) is 9.02. The molecule has 1 amide bonds. The van der Waals surface area contributed by atoms with E-state index in [2.05, 4.69) is 21.4 Å². The van der Waals surface area contributed by atoms with Gasteiger partial charge in [0, 0.05) is 31.1 Å². The van der Waals surface area contributed by atoms with Gasteiger partial charge in [-0.3, -0.25) is 4.79 Å². The largest absolute Gasteiger partial charge is 0.367 e. The maximum absolute atomic E-state index is 13.0. The van der Waals surface area contributed by atoms with Gasteiger partial charge in [-0.1, -0.05) is 12.8 Å². The zero-order valence-corrected chi connectivity index (χ0v) is 13.9. The van der Waals surface area contributed by atoms with Crippen molar-refractivity contribution in [3.05, 3.63) is 17.6 Å². The van der Waals surface area contributed by atoms with Gasteiger partial charge in [0.05, 0.1) is 11.8 Å². The molecule has 1 aliphatic heterocycles. The molecule has 2 aliphatic carbocycles. The summed E-state index contributed by atoms with van der Waals surface area (Å²) in [6.07, 6.45) is 8.91. The lowest BCUT2D eigenvalue weighted by Gasteiger charge is -2.28. The van der Waals surface area contributed by atoms with E-state index in [0.717, 1.165) is 42.8 Å². The van der Waals surface area contributed by atoms with Crippen molar-refractivity contribution in [2.75, 3.05) is 18.4 Å². The van der Waals surface area contributed by atoms with Crippen LogP contribution < -0.4 is 5.32 Å². The standard InChI is InChI=1S/C18H23N5O/c19-11-18(7-1-2-8-18)17(24)23-9-5-14-15(6-10-23)20-12-21-16(14)22-13-3-4-13/h12-13H,1-10H2,(H,20,21,22). The number of carbonyl (C=O) groups excluding carboxylic acids is 1. The van der Waals surface area contributed by atoms with Crippen LogP contribution in [0.15, 0.2) is 6.33 Å². The van der Waals surface area contributed by atoms with Crippen molar-refractivity contribution in [3.8, 4) is 6.07 Å². The van der Waals surface area contributed by atoms with Crippen LogP contribution in [0.1, 0.15) is 49.8 Å². The van der Waals surface area contributed by atoms with E-state index in [1.54, 1.807) is 6.33 Å². The van der Waals surface area contributed by atoms with Gasteiger partial charge in [-0.25, -0.2) is 9.97 Å². The fraction of sp³-hybridized carbons (Fsp3) is 0.667. The summed E-state index contributed by atoms with van der Waals surface area (Å²) >= 11 is 0. The first-order chi connectivity index (χ1) is 11.7. The quantitative estimate of drug-likeness (QED) is 0.920. The van der Waals surface area contributed by atoms with Gasteiger partial charge in [0.25, 0.3) is 0 Å². The van der Waals surface area contributed by atoms with Gasteiger partial charge in [-0.2, -0.15) is 5.26 Å². The van der Waals surface area contributed by atoms with Crippen LogP contribution in [0.5, 0.6) is 0 Å². The molecule has 2 saturated carbocycles. The van der Waals surface area contributed by atoms with Crippen LogP contribution in [0.2, 0.25) is 0 Å². The summed E-state index contributed by atoms with van der Waals surface area (Å²) < 4.78 is 0. The molecule has 0 saturated heterocycles. The lowest BCUT2D eigenvalue weighted by Crippen LogP contribution is -2.43. The Morgan fingerprint density at radius 1 is 1.25 bits per heavy atom. The Kier molecular flexibility index (Phi) is 3.87. The molecular formula is C18H23N5O. The summed E-state index contributed by atoms with van der Waals surface area (Å²) in [5.74, 6) is 0.965. The van der Waals surface area contributed by atoms with E-state index in [1.807, 2.05) is 4.90 Å². The second-order valence-corrected chi connectivity index (χ2v) is 7.26. The number of nitriles is 1. The average Bonchev–Trinajstić information content (AvgIpc) is 3.33. The SMILES string of the molecule is N#CC1(C(=O)N2CCc3ncnc(NC4CC4)c3CC2)CCCC1. The normalized spacial score (nSPS) is 22.4. The summed E-state index contributed by atoms with van der Waals surface area (Å²) in [5.41, 5.74) is 1.41. The van der Waals surface area contributed by atoms with Crippen LogP contribution in [-0.4, -0.2) is 39.9 Å². The molecule has 2 fully saturated rings. The molecular weight excluding hydrogens is 302 g/mol. The molecule has 0 aromatic carbocycles. The molecule has 0 radical (unpaired) electrons. The highest BCUT2D eigenvalue weighted by atomic mass is 16.2. The highest BCUT2D eigenvalue weighted by molar-refractivity contribution is 5.86. The van der Waals surface area contributed by atoms with Gasteiger partial charge in [-0.05, 0) is 32.1 Å². The summed E-state index contributed by atoms with van der Waals surface area (Å²) in [6.45, 7) is 1.30. The zero-order chi connectivity index (χ0) is 16.6. The van der Waals surface area contributed by atoms with Crippen LogP contribution in [0, 0.1) is 16.7 Å². The van der Waals surface area contributed by atoms with E-state index >= 15 is 0 Å². The van der Waals surface area contributed by atoms with Gasteiger partial charge in [0.2, 0.25) is 5.91 Å². The van der Waals surface area contributed by atoms with E-state index < -0.39 is 5.41 Å². The number of carbonyl (C=O) groups is 1. The van der Waals surface area contributed by atoms with Gasteiger partial charge >= 0.3 is 0 Å². The maximum atomic E-state index is 13.0. The number of hydrogen-bond donors (Lipinski definition) is 1. The van der Waals surface area contributed by atoms with Crippen molar-refractivity contribution in [2.24, 2.45) is 5.41 Å². The van der Waals surface area contributed by atoms with Crippen LogP contribution in [0.3, 0.4) is 0 Å². The average molecular weight is 325 g/mol. The Morgan fingerprint density at radius 2 is 2.00 bits per heavy atom. The molecule has 0 unspecified atom stereocenters. The van der Waals surface area contributed by atoms with Crippen molar-refractivity contribution in [1.82, 2.24) is 14.9 Å². The summed E-state index contributed by atoms with van der Waals surface area (Å²) in [6, 6.07) is 2.88. The number of nitrogens with zero attached hydrogens (tertiary/aromatic N) is 4. The second-order valence-electron chi connectivity index (χ2n) is 7.26. The lowest BCUT2D eigenvalue weighted by atomic mass is 9.86. The first kappa shape index (κ1) is 15.4. The number of anilines is 1. The maximum Gasteiger partial charge on any atom is 0.243 e. The van der Waals surface area contributed by atoms with Gasteiger partial charge in [-0.15, -0.1) is 0 Å². The van der Waals surface area contributed by atoms with Gasteiger partial charge < -0.3 is 10.2 Å². The molecule has 6 nitrogen and oxygen atoms in total. The van der Waals surface area contributed by atoms with Crippen molar-refractivity contribution in [1.29, 1.82) is 5.26 Å². The second kappa shape index (κ2) is 6.04. The highest BCUT2D eigenvalue weighted by Gasteiger charge is 2.44. The van der Waals surface area contributed by atoms with E-state index in [4.69, 9.17) is 0 Å². The number of nitrogens with one attached hydrogen (secondary N) is 1. The fourth-order valence-corrected chi connectivity index (χ4v) is 3.93. The molecule has 6 heteroatoms. The van der Waals surface area contributed by atoms with E-state index in [9.17, 15) is 10.1 Å². The minimum absolute atomic E-state index is 0.0277. The lowest BCUT2D eigenvalue weighted by molar-refractivity contribution is -0.138. The molecule has 1 aromatic rings.